The Morgan fingerprint density at radius 1 is 1.17 bits per heavy atom. The third kappa shape index (κ3) is 3.11. The van der Waals surface area contributed by atoms with Gasteiger partial charge in [-0.2, -0.15) is 9.57 Å². The highest BCUT2D eigenvalue weighted by Crippen LogP contribution is 2.26. The highest BCUT2D eigenvalue weighted by molar-refractivity contribution is 7.89. The van der Waals surface area contributed by atoms with Crippen molar-refractivity contribution in [1.82, 2.24) is 4.31 Å². The second kappa shape index (κ2) is 6.59. The first-order chi connectivity index (χ1) is 11.5. The maximum absolute atomic E-state index is 13.7. The minimum atomic E-state index is -3.90. The fraction of sp³-hybridized carbons (Fsp3) is 0.235. The van der Waals surface area contributed by atoms with Gasteiger partial charge >= 0.3 is 0 Å². The van der Waals surface area contributed by atoms with Crippen molar-refractivity contribution in [2.45, 2.75) is 17.4 Å². The van der Waals surface area contributed by atoms with Crippen LogP contribution in [0.2, 0.25) is 0 Å². The number of para-hydroxylation sites is 1. The summed E-state index contributed by atoms with van der Waals surface area (Å²) in [6.45, 7) is 0.604. The number of sulfonamides is 1. The molecule has 0 radical (unpaired) electrons. The number of rotatable bonds is 4. The molecule has 0 saturated carbocycles. The van der Waals surface area contributed by atoms with Crippen molar-refractivity contribution in [3.63, 3.8) is 0 Å². The zero-order chi connectivity index (χ0) is 17.2. The van der Waals surface area contributed by atoms with Crippen molar-refractivity contribution in [3.8, 4) is 6.07 Å². The molecule has 1 saturated heterocycles. The SMILES string of the molecule is N#Cc1c(F)cccc1S(=O)(=O)N1CCC(Nc2ccccc2)C1. The number of hydrogen-bond donors (Lipinski definition) is 1. The molecule has 0 bridgehead atoms. The van der Waals surface area contributed by atoms with E-state index in [0.717, 1.165) is 11.8 Å². The molecule has 2 aromatic carbocycles. The van der Waals surface area contributed by atoms with E-state index in [2.05, 4.69) is 5.32 Å². The van der Waals surface area contributed by atoms with Crippen LogP contribution >= 0.6 is 0 Å². The molecule has 124 valence electrons. The minimum Gasteiger partial charge on any atom is -0.381 e. The summed E-state index contributed by atoms with van der Waals surface area (Å²) >= 11 is 0. The number of nitriles is 1. The second-order valence-corrected chi connectivity index (χ2v) is 7.49. The van der Waals surface area contributed by atoms with E-state index in [1.807, 2.05) is 30.3 Å². The van der Waals surface area contributed by atoms with Crippen LogP contribution in [0, 0.1) is 17.1 Å². The first-order valence-corrected chi connectivity index (χ1v) is 8.97. The predicted octanol–water partition coefficient (Wildman–Crippen LogP) is 2.57. The van der Waals surface area contributed by atoms with Crippen LogP contribution in [0.3, 0.4) is 0 Å². The highest BCUT2D eigenvalue weighted by atomic mass is 32.2. The van der Waals surface area contributed by atoms with Gasteiger partial charge in [-0.15, -0.1) is 0 Å². The van der Waals surface area contributed by atoms with E-state index in [4.69, 9.17) is 5.26 Å². The summed E-state index contributed by atoms with van der Waals surface area (Å²) in [7, 11) is -3.90. The Balaban J connectivity index is 1.80. The molecule has 1 atom stereocenters. The van der Waals surface area contributed by atoms with Crippen LogP contribution in [-0.4, -0.2) is 31.9 Å². The van der Waals surface area contributed by atoms with Crippen molar-refractivity contribution in [2.24, 2.45) is 0 Å². The maximum Gasteiger partial charge on any atom is 0.244 e. The summed E-state index contributed by atoms with van der Waals surface area (Å²) in [6.07, 6.45) is 0.644. The summed E-state index contributed by atoms with van der Waals surface area (Å²) < 4.78 is 40.5. The quantitative estimate of drug-likeness (QED) is 0.924. The maximum atomic E-state index is 13.7. The van der Waals surface area contributed by atoms with Crippen molar-refractivity contribution >= 4 is 15.7 Å². The van der Waals surface area contributed by atoms with Gasteiger partial charge in [-0.1, -0.05) is 24.3 Å². The van der Waals surface area contributed by atoms with Crippen molar-refractivity contribution in [2.75, 3.05) is 18.4 Å². The third-order valence-corrected chi connectivity index (χ3v) is 5.91. The molecule has 3 rings (SSSR count). The Hall–Kier alpha value is -2.43. The second-order valence-electron chi connectivity index (χ2n) is 5.58. The fourth-order valence-corrected chi connectivity index (χ4v) is 4.45. The smallest absolute Gasteiger partial charge is 0.244 e. The number of benzene rings is 2. The van der Waals surface area contributed by atoms with E-state index >= 15 is 0 Å². The van der Waals surface area contributed by atoms with Gasteiger partial charge in [0, 0.05) is 24.8 Å². The summed E-state index contributed by atoms with van der Waals surface area (Å²) in [5.41, 5.74) is 0.488. The van der Waals surface area contributed by atoms with Crippen molar-refractivity contribution in [3.05, 3.63) is 59.9 Å². The lowest BCUT2D eigenvalue weighted by Gasteiger charge is -2.18. The summed E-state index contributed by atoms with van der Waals surface area (Å²) in [6, 6.07) is 14.8. The molecule has 1 fully saturated rings. The van der Waals surface area contributed by atoms with Gasteiger partial charge in [-0.05, 0) is 30.7 Å². The lowest BCUT2D eigenvalue weighted by Crippen LogP contribution is -2.32. The summed E-state index contributed by atoms with van der Waals surface area (Å²) in [5.74, 6) is -0.822. The number of nitrogens with one attached hydrogen (secondary N) is 1. The number of anilines is 1. The van der Waals surface area contributed by atoms with Gasteiger partial charge in [-0.25, -0.2) is 12.8 Å². The Kier molecular flexibility index (Phi) is 4.51. The van der Waals surface area contributed by atoms with Gasteiger partial charge < -0.3 is 5.32 Å². The predicted molar refractivity (Wildman–Crippen MR) is 88.3 cm³/mol. The minimum absolute atomic E-state index is 0.0266. The van der Waals surface area contributed by atoms with Crippen molar-refractivity contribution < 1.29 is 12.8 Å². The normalized spacial score (nSPS) is 18.2. The van der Waals surface area contributed by atoms with Crippen LogP contribution in [0.15, 0.2) is 53.4 Å². The highest BCUT2D eigenvalue weighted by Gasteiger charge is 2.34. The first-order valence-electron chi connectivity index (χ1n) is 7.52. The number of nitrogens with zero attached hydrogens (tertiary/aromatic N) is 2. The average Bonchev–Trinajstić information content (AvgIpc) is 3.05. The zero-order valence-electron chi connectivity index (χ0n) is 12.8. The molecule has 1 N–H and O–H groups in total. The monoisotopic (exact) mass is 345 g/mol. The molecule has 7 heteroatoms. The van der Waals surface area contributed by atoms with Crippen LogP contribution in [-0.2, 0) is 10.0 Å². The van der Waals surface area contributed by atoms with Crippen LogP contribution in [0.5, 0.6) is 0 Å². The lowest BCUT2D eigenvalue weighted by atomic mass is 10.2. The molecule has 2 aromatic rings. The largest absolute Gasteiger partial charge is 0.381 e. The van der Waals surface area contributed by atoms with E-state index in [9.17, 15) is 12.8 Å². The van der Waals surface area contributed by atoms with E-state index in [0.29, 0.717) is 13.0 Å². The molecule has 0 amide bonds. The molecule has 0 spiro atoms. The van der Waals surface area contributed by atoms with Crippen LogP contribution < -0.4 is 5.32 Å². The van der Waals surface area contributed by atoms with Crippen LogP contribution in [0.4, 0.5) is 10.1 Å². The summed E-state index contributed by atoms with van der Waals surface area (Å²) in [4.78, 5) is -0.273. The standard InChI is InChI=1S/C17H16FN3O2S/c18-16-7-4-8-17(15(16)11-19)24(22,23)21-10-9-14(12-21)20-13-5-2-1-3-6-13/h1-8,14,20H,9-10,12H2. The van der Waals surface area contributed by atoms with Gasteiger partial charge in [0.05, 0.1) is 0 Å². The molecule has 1 aliphatic heterocycles. The lowest BCUT2D eigenvalue weighted by molar-refractivity contribution is 0.473. The van der Waals surface area contributed by atoms with Gasteiger partial charge in [0.1, 0.15) is 22.3 Å². The van der Waals surface area contributed by atoms with Crippen molar-refractivity contribution in [1.29, 1.82) is 5.26 Å². The van der Waals surface area contributed by atoms with Gasteiger partial charge in [0.15, 0.2) is 0 Å². The molecule has 1 heterocycles. The third-order valence-electron chi connectivity index (χ3n) is 4.00. The van der Waals surface area contributed by atoms with Gasteiger partial charge in [-0.3, -0.25) is 0 Å². The molecule has 0 aromatic heterocycles. The molecule has 1 unspecified atom stereocenters. The van der Waals surface area contributed by atoms with E-state index in [1.165, 1.54) is 16.4 Å². The van der Waals surface area contributed by atoms with Gasteiger partial charge in [0.25, 0.3) is 0 Å². The fourth-order valence-electron chi connectivity index (χ4n) is 2.80. The molecule has 1 aliphatic rings. The Bertz CT molecular complexity index is 878. The number of hydrogen-bond acceptors (Lipinski definition) is 4. The molecular formula is C17H16FN3O2S. The molecule has 24 heavy (non-hydrogen) atoms. The Morgan fingerprint density at radius 2 is 1.92 bits per heavy atom. The van der Waals surface area contributed by atoms with E-state index < -0.39 is 21.4 Å². The zero-order valence-corrected chi connectivity index (χ0v) is 13.6. The Labute approximate surface area is 140 Å². The average molecular weight is 345 g/mol. The van der Waals surface area contributed by atoms with Gasteiger partial charge in [0.2, 0.25) is 10.0 Å². The Morgan fingerprint density at radius 3 is 2.62 bits per heavy atom. The molecule has 0 aliphatic carbocycles. The van der Waals surface area contributed by atoms with Crippen LogP contribution in [0.1, 0.15) is 12.0 Å². The molecular weight excluding hydrogens is 329 g/mol. The topological polar surface area (TPSA) is 73.2 Å². The van der Waals surface area contributed by atoms with E-state index in [1.54, 1.807) is 6.07 Å². The number of halogens is 1. The van der Waals surface area contributed by atoms with Crippen LogP contribution in [0.25, 0.3) is 0 Å². The molecule has 5 nitrogen and oxygen atoms in total. The first kappa shape index (κ1) is 16.4. The van der Waals surface area contributed by atoms with E-state index in [-0.39, 0.29) is 17.5 Å². The summed E-state index contributed by atoms with van der Waals surface area (Å²) in [5, 5.41) is 12.4.